The van der Waals surface area contributed by atoms with Gasteiger partial charge in [-0.2, -0.15) is 0 Å². The van der Waals surface area contributed by atoms with Gasteiger partial charge < -0.3 is 19.5 Å². The SMILES string of the molecule is COCCCN1C(=S)N[C@@H](c2ccccn2)[C@@H]1c1cccn1-c1ccc(C)cc1. The zero-order chi connectivity index (χ0) is 20.2. The van der Waals surface area contributed by atoms with Gasteiger partial charge in [0.05, 0.1) is 17.8 Å². The molecule has 1 N–H and O–H groups in total. The van der Waals surface area contributed by atoms with E-state index in [-0.39, 0.29) is 12.1 Å². The van der Waals surface area contributed by atoms with Crippen molar-refractivity contribution in [2.75, 3.05) is 20.3 Å². The minimum atomic E-state index is -0.00894. The lowest BCUT2D eigenvalue weighted by atomic mass is 10.0. The summed E-state index contributed by atoms with van der Waals surface area (Å²) in [4.78, 5) is 6.89. The molecule has 0 amide bonds. The van der Waals surface area contributed by atoms with E-state index in [1.165, 1.54) is 11.3 Å². The Bertz CT molecular complexity index is 955. The molecule has 6 heteroatoms. The normalized spacial score (nSPS) is 18.8. The smallest absolute Gasteiger partial charge is 0.170 e. The molecule has 150 valence electrons. The first-order valence-corrected chi connectivity index (χ1v) is 10.3. The lowest BCUT2D eigenvalue weighted by molar-refractivity contribution is 0.180. The maximum Gasteiger partial charge on any atom is 0.170 e. The number of nitrogens with zero attached hydrogens (tertiary/aromatic N) is 3. The van der Waals surface area contributed by atoms with E-state index >= 15 is 0 Å². The molecule has 0 unspecified atom stereocenters. The van der Waals surface area contributed by atoms with Crippen molar-refractivity contribution >= 4 is 17.3 Å². The molecule has 0 radical (unpaired) electrons. The Balaban J connectivity index is 1.75. The van der Waals surface area contributed by atoms with Crippen LogP contribution in [0.2, 0.25) is 0 Å². The van der Waals surface area contributed by atoms with Gasteiger partial charge in [-0.3, -0.25) is 4.98 Å². The van der Waals surface area contributed by atoms with Crippen molar-refractivity contribution in [2.45, 2.75) is 25.4 Å². The fourth-order valence-corrected chi connectivity index (χ4v) is 4.25. The summed E-state index contributed by atoms with van der Waals surface area (Å²) >= 11 is 5.73. The van der Waals surface area contributed by atoms with E-state index in [4.69, 9.17) is 17.0 Å². The summed E-state index contributed by atoms with van der Waals surface area (Å²) in [5, 5.41) is 4.28. The number of rotatable bonds is 7. The molecular weight excluding hydrogens is 380 g/mol. The molecule has 0 spiro atoms. The number of hydrogen-bond donors (Lipinski definition) is 1. The number of thiocarbonyl (C=S) groups is 1. The van der Waals surface area contributed by atoms with Crippen LogP contribution in [-0.4, -0.2) is 39.8 Å². The van der Waals surface area contributed by atoms with Crippen LogP contribution in [0.1, 0.15) is 35.5 Å². The van der Waals surface area contributed by atoms with Gasteiger partial charge in [0.15, 0.2) is 5.11 Å². The minimum Gasteiger partial charge on any atom is -0.385 e. The molecule has 5 nitrogen and oxygen atoms in total. The summed E-state index contributed by atoms with van der Waals surface area (Å²) in [6, 6.07) is 18.9. The van der Waals surface area contributed by atoms with Gasteiger partial charge in [-0.25, -0.2) is 0 Å². The fraction of sp³-hybridized carbons (Fsp3) is 0.304. The minimum absolute atomic E-state index is 0.00894. The lowest BCUT2D eigenvalue weighted by Crippen LogP contribution is -2.32. The Hall–Kier alpha value is -2.70. The molecule has 3 heterocycles. The van der Waals surface area contributed by atoms with Crippen LogP contribution in [0.3, 0.4) is 0 Å². The zero-order valence-electron chi connectivity index (χ0n) is 16.8. The van der Waals surface area contributed by atoms with E-state index in [1.807, 2.05) is 18.3 Å². The van der Waals surface area contributed by atoms with Crippen molar-refractivity contribution in [3.05, 3.63) is 83.9 Å². The molecule has 1 aromatic carbocycles. The Morgan fingerprint density at radius 3 is 2.66 bits per heavy atom. The van der Waals surface area contributed by atoms with Gasteiger partial charge in [-0.05, 0) is 62.0 Å². The Morgan fingerprint density at radius 2 is 1.93 bits per heavy atom. The fourth-order valence-electron chi connectivity index (χ4n) is 3.92. The van der Waals surface area contributed by atoms with E-state index < -0.39 is 0 Å². The first kappa shape index (κ1) is 19.6. The van der Waals surface area contributed by atoms with Gasteiger partial charge in [0, 0.05) is 44.0 Å². The third-order valence-electron chi connectivity index (χ3n) is 5.34. The largest absolute Gasteiger partial charge is 0.385 e. The third-order valence-corrected chi connectivity index (χ3v) is 5.69. The molecule has 1 aliphatic rings. The van der Waals surface area contributed by atoms with E-state index in [9.17, 15) is 0 Å². The highest BCUT2D eigenvalue weighted by atomic mass is 32.1. The van der Waals surface area contributed by atoms with Crippen molar-refractivity contribution < 1.29 is 4.74 Å². The molecule has 1 aliphatic heterocycles. The molecule has 3 aromatic rings. The maximum absolute atomic E-state index is 5.73. The maximum atomic E-state index is 5.73. The van der Waals surface area contributed by atoms with Crippen LogP contribution < -0.4 is 5.32 Å². The van der Waals surface area contributed by atoms with Crippen molar-refractivity contribution in [1.29, 1.82) is 0 Å². The van der Waals surface area contributed by atoms with Gasteiger partial charge in [-0.1, -0.05) is 23.8 Å². The Kier molecular flexibility index (Phi) is 5.92. The highest BCUT2D eigenvalue weighted by molar-refractivity contribution is 7.80. The molecule has 2 aromatic heterocycles. The quantitative estimate of drug-likeness (QED) is 0.471. The van der Waals surface area contributed by atoms with Crippen LogP contribution in [0.25, 0.3) is 5.69 Å². The average molecular weight is 407 g/mol. The number of hydrogen-bond acceptors (Lipinski definition) is 3. The molecule has 0 saturated carbocycles. The second-order valence-electron chi connectivity index (χ2n) is 7.30. The molecule has 0 bridgehead atoms. The standard InChI is InChI=1S/C23H26N4OS/c1-17-9-11-18(12-10-17)26-14-5-8-20(26)22-21(19-7-3-4-13-24-19)25-23(29)27(22)15-6-16-28-2/h3-5,7-14,21-22H,6,15-16H2,1-2H3,(H,25,29)/t21-,22-/m0/s1. The first-order valence-electron chi connectivity index (χ1n) is 9.90. The summed E-state index contributed by atoms with van der Waals surface area (Å²) in [5.74, 6) is 0. The van der Waals surface area contributed by atoms with E-state index in [0.717, 1.165) is 29.5 Å². The molecule has 29 heavy (non-hydrogen) atoms. The lowest BCUT2D eigenvalue weighted by Gasteiger charge is -2.29. The van der Waals surface area contributed by atoms with Crippen molar-refractivity contribution in [3.8, 4) is 5.69 Å². The van der Waals surface area contributed by atoms with Gasteiger partial charge in [0.25, 0.3) is 0 Å². The van der Waals surface area contributed by atoms with Crippen LogP contribution >= 0.6 is 12.2 Å². The highest BCUT2D eigenvalue weighted by Gasteiger charge is 2.40. The predicted molar refractivity (Wildman–Crippen MR) is 119 cm³/mol. The van der Waals surface area contributed by atoms with Crippen LogP contribution in [0, 0.1) is 6.92 Å². The number of aromatic nitrogens is 2. The van der Waals surface area contributed by atoms with Crippen molar-refractivity contribution in [2.24, 2.45) is 0 Å². The van der Waals surface area contributed by atoms with E-state index in [1.54, 1.807) is 7.11 Å². The van der Waals surface area contributed by atoms with Gasteiger partial charge in [0.2, 0.25) is 0 Å². The number of benzene rings is 1. The molecule has 1 fully saturated rings. The van der Waals surface area contributed by atoms with Crippen LogP contribution in [-0.2, 0) is 4.74 Å². The summed E-state index contributed by atoms with van der Waals surface area (Å²) in [7, 11) is 1.73. The summed E-state index contributed by atoms with van der Waals surface area (Å²) in [6.45, 7) is 3.64. The van der Waals surface area contributed by atoms with Gasteiger partial charge in [0.1, 0.15) is 0 Å². The number of ether oxygens (including phenoxy) is 1. The summed E-state index contributed by atoms with van der Waals surface area (Å²) in [5.41, 5.74) is 4.57. The van der Waals surface area contributed by atoms with Crippen molar-refractivity contribution in [1.82, 2.24) is 19.8 Å². The summed E-state index contributed by atoms with van der Waals surface area (Å²) in [6.07, 6.45) is 4.86. The molecular formula is C23H26N4OS. The van der Waals surface area contributed by atoms with Gasteiger partial charge >= 0.3 is 0 Å². The molecule has 1 saturated heterocycles. The Labute approximate surface area is 177 Å². The second-order valence-corrected chi connectivity index (χ2v) is 7.69. The first-order chi connectivity index (χ1) is 14.2. The molecule has 0 aliphatic carbocycles. The van der Waals surface area contributed by atoms with E-state index in [0.29, 0.717) is 6.61 Å². The predicted octanol–water partition coefficient (Wildman–Crippen LogP) is 4.19. The van der Waals surface area contributed by atoms with Crippen LogP contribution in [0.5, 0.6) is 0 Å². The third kappa shape index (κ3) is 4.04. The average Bonchev–Trinajstić information content (AvgIpc) is 3.34. The topological polar surface area (TPSA) is 42.3 Å². The second kappa shape index (κ2) is 8.76. The zero-order valence-corrected chi connectivity index (χ0v) is 17.6. The van der Waals surface area contributed by atoms with E-state index in [2.05, 4.69) is 75.4 Å². The highest BCUT2D eigenvalue weighted by Crippen LogP contribution is 2.39. The number of nitrogens with one attached hydrogen (secondary N) is 1. The Morgan fingerprint density at radius 1 is 1.10 bits per heavy atom. The molecule has 2 atom stereocenters. The number of methoxy groups -OCH3 is 1. The van der Waals surface area contributed by atoms with Crippen LogP contribution in [0.15, 0.2) is 67.0 Å². The molecule has 4 rings (SSSR count). The number of aryl methyl sites for hydroxylation is 1. The monoisotopic (exact) mass is 406 g/mol. The van der Waals surface area contributed by atoms with Crippen molar-refractivity contribution in [3.63, 3.8) is 0 Å². The number of pyridine rings is 1. The summed E-state index contributed by atoms with van der Waals surface area (Å²) < 4.78 is 7.52. The van der Waals surface area contributed by atoms with Gasteiger partial charge in [-0.15, -0.1) is 0 Å². The van der Waals surface area contributed by atoms with Crippen LogP contribution in [0.4, 0.5) is 0 Å².